The largest absolute Gasteiger partial charge is 0.496 e. The highest BCUT2D eigenvalue weighted by Gasteiger charge is 2.20. The molecule has 1 aromatic carbocycles. The van der Waals surface area contributed by atoms with E-state index in [4.69, 9.17) is 10.5 Å². The predicted octanol–water partition coefficient (Wildman–Crippen LogP) is 0.986. The van der Waals surface area contributed by atoms with Gasteiger partial charge in [-0.25, -0.2) is 0 Å². The zero-order valence-electron chi connectivity index (χ0n) is 11.2. The molecular weight excluding hydrogens is 280 g/mol. The molecule has 0 fully saturated rings. The highest BCUT2D eigenvalue weighted by atomic mass is 32.2. The van der Waals surface area contributed by atoms with Crippen LogP contribution in [0.5, 0.6) is 5.75 Å². The van der Waals surface area contributed by atoms with E-state index in [9.17, 15) is 8.42 Å². The number of ether oxygens (including phenoxy) is 1. The number of H-pyrrole nitrogens is 1. The van der Waals surface area contributed by atoms with Gasteiger partial charge in [-0.1, -0.05) is 0 Å². The number of aryl methyl sites for hydroxylation is 1. The van der Waals surface area contributed by atoms with Gasteiger partial charge in [0.1, 0.15) is 5.75 Å². The van der Waals surface area contributed by atoms with Crippen LogP contribution in [0.3, 0.4) is 0 Å². The third kappa shape index (κ3) is 2.75. The number of nitrogens with one attached hydrogen (secondary N) is 2. The van der Waals surface area contributed by atoms with E-state index in [-0.39, 0.29) is 11.6 Å². The third-order valence-electron chi connectivity index (χ3n) is 2.81. The van der Waals surface area contributed by atoms with E-state index >= 15 is 0 Å². The van der Waals surface area contributed by atoms with Crippen LogP contribution in [0.15, 0.2) is 29.4 Å². The zero-order valence-corrected chi connectivity index (χ0v) is 12.0. The Morgan fingerprint density at radius 3 is 2.80 bits per heavy atom. The van der Waals surface area contributed by atoms with Crippen molar-refractivity contribution >= 4 is 15.7 Å². The third-order valence-corrected chi connectivity index (χ3v) is 4.21. The van der Waals surface area contributed by atoms with E-state index < -0.39 is 10.0 Å². The van der Waals surface area contributed by atoms with Crippen molar-refractivity contribution in [2.45, 2.75) is 18.5 Å². The number of rotatable bonds is 5. The van der Waals surface area contributed by atoms with Gasteiger partial charge in [-0.05, 0) is 30.7 Å². The number of aromatic amines is 1. The molecule has 0 radical (unpaired) electrons. The maximum Gasteiger partial charge on any atom is 0.279 e. The summed E-state index contributed by atoms with van der Waals surface area (Å²) in [4.78, 5) is 0. The lowest BCUT2D eigenvalue weighted by molar-refractivity contribution is 0.412. The molecule has 0 aliphatic heterocycles. The van der Waals surface area contributed by atoms with Gasteiger partial charge in [-0.3, -0.25) is 9.82 Å². The van der Waals surface area contributed by atoms with Crippen LogP contribution in [0.2, 0.25) is 0 Å². The molecule has 4 N–H and O–H groups in total. The number of methoxy groups -OCH3 is 1. The summed E-state index contributed by atoms with van der Waals surface area (Å²) in [5, 5.41) is 6.13. The van der Waals surface area contributed by atoms with Crippen molar-refractivity contribution in [3.63, 3.8) is 0 Å². The van der Waals surface area contributed by atoms with E-state index in [0.29, 0.717) is 17.0 Å². The Hall–Kier alpha value is -2.06. The van der Waals surface area contributed by atoms with Gasteiger partial charge in [0, 0.05) is 17.8 Å². The molecule has 1 heterocycles. The molecule has 7 nitrogen and oxygen atoms in total. The lowest BCUT2D eigenvalue weighted by atomic mass is 10.2. The number of benzene rings is 1. The number of nitrogens with zero attached hydrogens (tertiary/aromatic N) is 1. The summed E-state index contributed by atoms with van der Waals surface area (Å²) in [5.74, 6) is 0.692. The Morgan fingerprint density at radius 2 is 2.20 bits per heavy atom. The molecule has 20 heavy (non-hydrogen) atoms. The van der Waals surface area contributed by atoms with Crippen molar-refractivity contribution < 1.29 is 13.2 Å². The van der Waals surface area contributed by atoms with Gasteiger partial charge in [0.25, 0.3) is 10.0 Å². The first-order valence-electron chi connectivity index (χ1n) is 5.87. The van der Waals surface area contributed by atoms with Crippen LogP contribution >= 0.6 is 0 Å². The number of hydrogen-bond acceptors (Lipinski definition) is 5. The molecular formula is C12H16N4O3S. The summed E-state index contributed by atoms with van der Waals surface area (Å²) >= 11 is 0. The minimum Gasteiger partial charge on any atom is -0.496 e. The van der Waals surface area contributed by atoms with Crippen LogP contribution in [0, 0.1) is 6.92 Å². The summed E-state index contributed by atoms with van der Waals surface area (Å²) in [5.41, 5.74) is 7.19. The predicted molar refractivity (Wildman–Crippen MR) is 75.0 cm³/mol. The molecule has 0 amide bonds. The number of aromatic nitrogens is 2. The molecule has 1 aromatic heterocycles. The average Bonchev–Trinajstić information content (AvgIpc) is 2.87. The van der Waals surface area contributed by atoms with Gasteiger partial charge < -0.3 is 10.5 Å². The smallest absolute Gasteiger partial charge is 0.279 e. The van der Waals surface area contributed by atoms with Gasteiger partial charge in [0.05, 0.1) is 13.3 Å². The fourth-order valence-electron chi connectivity index (χ4n) is 1.83. The highest BCUT2D eigenvalue weighted by molar-refractivity contribution is 7.92. The summed E-state index contributed by atoms with van der Waals surface area (Å²) in [6.45, 7) is 1.92. The lowest BCUT2D eigenvalue weighted by Gasteiger charge is -2.10. The van der Waals surface area contributed by atoms with Gasteiger partial charge in [-0.2, -0.15) is 13.5 Å². The van der Waals surface area contributed by atoms with Crippen molar-refractivity contribution in [2.75, 3.05) is 11.8 Å². The Kier molecular flexibility index (Phi) is 3.96. The van der Waals surface area contributed by atoms with Crippen LogP contribution in [-0.2, 0) is 16.6 Å². The summed E-state index contributed by atoms with van der Waals surface area (Å²) < 4.78 is 32.1. The molecule has 2 aromatic rings. The van der Waals surface area contributed by atoms with E-state index in [1.54, 1.807) is 25.3 Å². The quantitative estimate of drug-likeness (QED) is 0.762. The SMILES string of the molecule is COc1ccc(NS(=O)(=O)c2[nH]ncc2CN)cc1C. The molecule has 0 spiro atoms. The monoisotopic (exact) mass is 296 g/mol. The summed E-state index contributed by atoms with van der Waals surface area (Å²) in [7, 11) is -2.18. The number of hydrogen-bond donors (Lipinski definition) is 3. The minimum atomic E-state index is -3.74. The molecule has 0 aliphatic rings. The highest BCUT2D eigenvalue weighted by Crippen LogP contribution is 2.23. The van der Waals surface area contributed by atoms with Crippen molar-refractivity contribution in [3.8, 4) is 5.75 Å². The van der Waals surface area contributed by atoms with E-state index in [2.05, 4.69) is 14.9 Å². The average molecular weight is 296 g/mol. The number of nitrogens with two attached hydrogens (primary N) is 1. The second-order valence-electron chi connectivity index (χ2n) is 4.22. The van der Waals surface area contributed by atoms with E-state index in [0.717, 1.165) is 5.56 Å². The molecule has 0 unspecified atom stereocenters. The number of sulfonamides is 1. The van der Waals surface area contributed by atoms with Gasteiger partial charge in [-0.15, -0.1) is 0 Å². The Bertz CT molecular complexity index is 709. The molecule has 0 bridgehead atoms. The molecule has 0 aliphatic carbocycles. The minimum absolute atomic E-state index is 0.0199. The van der Waals surface area contributed by atoms with Crippen LogP contribution in [0.1, 0.15) is 11.1 Å². The molecule has 8 heteroatoms. The number of anilines is 1. The molecule has 108 valence electrons. The molecule has 0 atom stereocenters. The Balaban J connectivity index is 2.31. The summed E-state index contributed by atoms with van der Waals surface area (Å²) in [6, 6.07) is 5.01. The van der Waals surface area contributed by atoms with Gasteiger partial charge in [0.2, 0.25) is 0 Å². The summed E-state index contributed by atoms with van der Waals surface area (Å²) in [6.07, 6.45) is 1.40. The standard InChI is InChI=1S/C12H16N4O3S/c1-8-5-10(3-4-11(8)19-2)16-20(17,18)12-9(6-13)7-14-15-12/h3-5,7,16H,6,13H2,1-2H3,(H,14,15). The van der Waals surface area contributed by atoms with Crippen molar-refractivity contribution in [1.82, 2.24) is 10.2 Å². The Labute approximate surface area is 117 Å². The first-order chi connectivity index (χ1) is 9.47. The van der Waals surface area contributed by atoms with E-state index in [1.165, 1.54) is 6.20 Å². The van der Waals surface area contributed by atoms with Crippen molar-refractivity contribution in [3.05, 3.63) is 35.5 Å². The van der Waals surface area contributed by atoms with Crippen molar-refractivity contribution in [1.29, 1.82) is 0 Å². The van der Waals surface area contributed by atoms with Crippen LogP contribution in [0.25, 0.3) is 0 Å². The first kappa shape index (κ1) is 14.4. The molecule has 2 rings (SSSR count). The normalized spacial score (nSPS) is 11.3. The van der Waals surface area contributed by atoms with E-state index in [1.807, 2.05) is 6.92 Å². The fraction of sp³-hybridized carbons (Fsp3) is 0.250. The zero-order chi connectivity index (χ0) is 14.8. The second kappa shape index (κ2) is 5.51. The molecule has 0 saturated heterocycles. The van der Waals surface area contributed by atoms with Crippen LogP contribution < -0.4 is 15.2 Å². The lowest BCUT2D eigenvalue weighted by Crippen LogP contribution is -2.16. The molecule has 0 saturated carbocycles. The van der Waals surface area contributed by atoms with Gasteiger partial charge in [0.15, 0.2) is 5.03 Å². The Morgan fingerprint density at radius 1 is 1.45 bits per heavy atom. The first-order valence-corrected chi connectivity index (χ1v) is 7.36. The second-order valence-corrected chi connectivity index (χ2v) is 5.84. The van der Waals surface area contributed by atoms with Crippen LogP contribution in [0.4, 0.5) is 5.69 Å². The van der Waals surface area contributed by atoms with Gasteiger partial charge >= 0.3 is 0 Å². The maximum atomic E-state index is 12.2. The fourth-order valence-corrected chi connectivity index (χ4v) is 3.02. The maximum absolute atomic E-state index is 12.2. The van der Waals surface area contributed by atoms with Crippen LogP contribution in [-0.4, -0.2) is 25.7 Å². The van der Waals surface area contributed by atoms with Crippen molar-refractivity contribution in [2.24, 2.45) is 5.73 Å². The topological polar surface area (TPSA) is 110 Å².